The molecule has 0 saturated heterocycles. The highest BCUT2D eigenvalue weighted by molar-refractivity contribution is 5.86. The summed E-state index contributed by atoms with van der Waals surface area (Å²) in [6.45, 7) is -1.64. The maximum Gasteiger partial charge on any atom is 0.422 e. The first-order valence-electron chi connectivity index (χ1n) is 4.91. The molecule has 0 atom stereocenters. The average molecular weight is 294 g/mol. The van der Waals surface area contributed by atoms with Crippen LogP contribution in [0.25, 0.3) is 0 Å². The molecule has 3 N–H and O–H groups in total. The largest absolute Gasteiger partial charge is 0.454 e. The van der Waals surface area contributed by atoms with Crippen molar-refractivity contribution in [1.29, 1.82) is 0 Å². The lowest BCUT2D eigenvalue weighted by Crippen LogP contribution is -2.25. The van der Waals surface area contributed by atoms with Crippen molar-refractivity contribution >= 4 is 24.3 Å². The molecule has 0 aliphatic rings. The van der Waals surface area contributed by atoms with Crippen molar-refractivity contribution in [2.75, 3.05) is 23.9 Å². The van der Waals surface area contributed by atoms with Gasteiger partial charge >= 0.3 is 18.2 Å². The number of nitrogens with two attached hydrogens (primary N) is 1. The van der Waals surface area contributed by atoms with Gasteiger partial charge in [0.25, 0.3) is 0 Å². The van der Waals surface area contributed by atoms with Crippen molar-refractivity contribution in [3.63, 3.8) is 0 Å². The van der Waals surface area contributed by atoms with Gasteiger partial charge in [-0.05, 0) is 0 Å². The topological polar surface area (TPSA) is 123 Å². The maximum absolute atomic E-state index is 12.0. The van der Waals surface area contributed by atoms with Crippen LogP contribution in [0.3, 0.4) is 0 Å². The third-order valence-corrected chi connectivity index (χ3v) is 1.68. The second-order valence-corrected chi connectivity index (χ2v) is 3.35. The van der Waals surface area contributed by atoms with Crippen LogP contribution in [0.15, 0.2) is 0 Å². The van der Waals surface area contributed by atoms with Crippen molar-refractivity contribution in [2.45, 2.75) is 6.18 Å². The molecule has 12 heteroatoms. The van der Waals surface area contributed by atoms with Crippen LogP contribution < -0.4 is 20.7 Å². The van der Waals surface area contributed by atoms with Gasteiger partial charge in [0.15, 0.2) is 6.61 Å². The van der Waals surface area contributed by atoms with Crippen LogP contribution in [-0.4, -0.2) is 47.2 Å². The molecule has 1 aromatic rings. The molecule has 9 nitrogen and oxygen atoms in total. The molecular formula is C8H9F3N6O3. The second-order valence-electron chi connectivity index (χ2n) is 3.35. The van der Waals surface area contributed by atoms with E-state index in [1.807, 2.05) is 5.32 Å². The number of primary amides is 1. The van der Waals surface area contributed by atoms with E-state index in [4.69, 9.17) is 5.73 Å². The number of nitrogens with one attached hydrogen (secondary N) is 1. The molecule has 3 amide bonds. The highest BCUT2D eigenvalue weighted by atomic mass is 19.4. The Morgan fingerprint density at radius 2 is 2.10 bits per heavy atom. The second kappa shape index (κ2) is 5.99. The number of aromatic nitrogens is 3. The van der Waals surface area contributed by atoms with Crippen LogP contribution in [-0.2, 0) is 4.79 Å². The number of hydrogen-bond acceptors (Lipinski definition) is 6. The summed E-state index contributed by atoms with van der Waals surface area (Å²) >= 11 is 0. The molecular weight excluding hydrogens is 285 g/mol. The third-order valence-electron chi connectivity index (χ3n) is 1.68. The number of hydrogen-bond donors (Lipinski definition) is 2. The number of ether oxygens (including phenoxy) is 1. The molecule has 0 fully saturated rings. The lowest BCUT2D eigenvalue weighted by atomic mass is 10.7. The van der Waals surface area contributed by atoms with E-state index in [1.165, 1.54) is 7.05 Å². The lowest BCUT2D eigenvalue weighted by molar-refractivity contribution is -0.154. The highest BCUT2D eigenvalue weighted by Gasteiger charge is 2.29. The van der Waals surface area contributed by atoms with Gasteiger partial charge in [0.05, 0.1) is 0 Å². The number of nitrogens with zero attached hydrogens (tertiary/aromatic N) is 4. The van der Waals surface area contributed by atoms with Crippen molar-refractivity contribution in [2.24, 2.45) is 5.73 Å². The molecule has 0 aliphatic carbocycles. The Morgan fingerprint density at radius 1 is 1.45 bits per heavy atom. The number of urea groups is 1. The highest BCUT2D eigenvalue weighted by Crippen LogP contribution is 2.18. The van der Waals surface area contributed by atoms with E-state index in [-0.39, 0.29) is 5.95 Å². The predicted molar refractivity (Wildman–Crippen MR) is 59.1 cm³/mol. The number of halogens is 3. The zero-order chi connectivity index (χ0) is 15.3. The number of carbonyl (C=O) groups excluding carboxylic acids is 2. The zero-order valence-electron chi connectivity index (χ0n) is 10.0. The fraction of sp³-hybridized carbons (Fsp3) is 0.375. The summed E-state index contributed by atoms with van der Waals surface area (Å²) in [4.78, 5) is 32.5. The normalized spacial score (nSPS) is 10.8. The fourth-order valence-electron chi connectivity index (χ4n) is 0.928. The van der Waals surface area contributed by atoms with E-state index >= 15 is 0 Å². The summed E-state index contributed by atoms with van der Waals surface area (Å²) in [6, 6.07) is -1.76. The van der Waals surface area contributed by atoms with Gasteiger partial charge in [-0.15, -0.1) is 0 Å². The number of carbonyl (C=O) groups is 2. The Kier molecular flexibility index (Phi) is 4.61. The van der Waals surface area contributed by atoms with Crippen LogP contribution >= 0.6 is 0 Å². The first-order valence-corrected chi connectivity index (χ1v) is 4.91. The van der Waals surface area contributed by atoms with E-state index in [9.17, 15) is 22.8 Å². The van der Waals surface area contributed by atoms with Crippen LogP contribution in [0.1, 0.15) is 0 Å². The summed E-state index contributed by atoms with van der Waals surface area (Å²) in [5.74, 6) is -0.774. The van der Waals surface area contributed by atoms with Crippen LogP contribution in [0.4, 0.5) is 29.9 Å². The minimum absolute atomic E-state index is 0.302. The molecule has 0 aromatic carbocycles. The average Bonchev–Trinajstić information content (AvgIpc) is 2.33. The third kappa shape index (κ3) is 4.91. The van der Waals surface area contributed by atoms with Crippen LogP contribution in [0.2, 0.25) is 0 Å². The standard InChI is InChI=1S/C8H9F3N6O3/c1-17(3-18)6-14-5(13-4(12)19)15-7(16-6)20-2-8(9,10)11/h3H,2H2,1H3,(H3,12,13,14,15,16,19). The van der Waals surface area contributed by atoms with Gasteiger partial charge in [0.1, 0.15) is 0 Å². The monoisotopic (exact) mass is 294 g/mol. The van der Waals surface area contributed by atoms with Crippen molar-refractivity contribution in [3.8, 4) is 6.01 Å². The van der Waals surface area contributed by atoms with E-state index in [0.717, 1.165) is 4.90 Å². The van der Waals surface area contributed by atoms with Crippen molar-refractivity contribution < 1.29 is 27.5 Å². The molecule has 1 heterocycles. The Morgan fingerprint density at radius 3 is 2.60 bits per heavy atom. The van der Waals surface area contributed by atoms with Gasteiger partial charge in [-0.3, -0.25) is 15.0 Å². The molecule has 0 spiro atoms. The molecule has 0 saturated carbocycles. The van der Waals surface area contributed by atoms with Crippen LogP contribution in [0, 0.1) is 0 Å². The van der Waals surface area contributed by atoms with Crippen molar-refractivity contribution in [1.82, 2.24) is 15.0 Å². The predicted octanol–water partition coefficient (Wildman–Crippen LogP) is -0.104. The summed E-state index contributed by atoms with van der Waals surface area (Å²) in [5.41, 5.74) is 4.82. The zero-order valence-corrected chi connectivity index (χ0v) is 10.0. The van der Waals surface area contributed by atoms with Gasteiger partial charge < -0.3 is 10.5 Å². The number of rotatable bonds is 5. The molecule has 0 bridgehead atoms. The Bertz CT molecular complexity index is 509. The Labute approximate surface area is 109 Å². The number of anilines is 2. The maximum atomic E-state index is 12.0. The van der Waals surface area contributed by atoms with Crippen LogP contribution in [0.5, 0.6) is 6.01 Å². The van der Waals surface area contributed by atoms with Crippen molar-refractivity contribution in [3.05, 3.63) is 0 Å². The first-order chi connectivity index (χ1) is 9.21. The van der Waals surface area contributed by atoms with Gasteiger partial charge in [-0.25, -0.2) is 4.79 Å². The number of alkyl halides is 3. The SMILES string of the molecule is CN(C=O)c1nc(NC(N)=O)nc(OCC(F)(F)F)n1. The molecule has 1 rings (SSSR count). The van der Waals surface area contributed by atoms with Gasteiger partial charge in [0, 0.05) is 7.05 Å². The summed E-state index contributed by atoms with van der Waals surface area (Å²) in [6.07, 6.45) is -4.29. The van der Waals surface area contributed by atoms with Gasteiger partial charge in [0.2, 0.25) is 18.3 Å². The van der Waals surface area contributed by atoms with E-state index in [1.54, 1.807) is 0 Å². The molecule has 20 heavy (non-hydrogen) atoms. The molecule has 0 unspecified atom stereocenters. The first kappa shape index (κ1) is 15.4. The quantitative estimate of drug-likeness (QED) is 0.731. The summed E-state index contributed by atoms with van der Waals surface area (Å²) in [5, 5.41) is 1.93. The fourth-order valence-corrected chi connectivity index (χ4v) is 0.928. The smallest absolute Gasteiger partial charge is 0.422 e. The van der Waals surface area contributed by atoms with Gasteiger partial charge in [-0.2, -0.15) is 28.1 Å². The van der Waals surface area contributed by atoms with Gasteiger partial charge in [-0.1, -0.05) is 0 Å². The van der Waals surface area contributed by atoms with E-state index in [2.05, 4.69) is 19.7 Å². The molecule has 0 radical (unpaired) electrons. The van der Waals surface area contributed by atoms with E-state index < -0.39 is 30.8 Å². The minimum atomic E-state index is -4.60. The summed E-state index contributed by atoms with van der Waals surface area (Å²) in [7, 11) is 1.24. The number of amides is 3. The summed E-state index contributed by atoms with van der Waals surface area (Å²) < 4.78 is 40.4. The Hall–Kier alpha value is -2.66. The minimum Gasteiger partial charge on any atom is -0.454 e. The molecule has 110 valence electrons. The molecule has 0 aliphatic heterocycles. The Balaban J connectivity index is 3.02. The lowest BCUT2D eigenvalue weighted by Gasteiger charge is -2.12. The van der Waals surface area contributed by atoms with E-state index in [0.29, 0.717) is 6.41 Å². The molecule has 1 aromatic heterocycles.